The van der Waals surface area contributed by atoms with Gasteiger partial charge in [-0.1, -0.05) is 6.07 Å². The molecule has 1 aromatic carbocycles. The molecule has 1 aromatic heterocycles. The highest BCUT2D eigenvalue weighted by molar-refractivity contribution is 5.92. The molecule has 0 aliphatic rings. The number of nitrogens with one attached hydrogen (secondary N) is 2. The summed E-state index contributed by atoms with van der Waals surface area (Å²) in [6.07, 6.45) is 0. The molecule has 2 rings (SSSR count). The Kier molecular flexibility index (Phi) is 4.05. The Morgan fingerprint density at radius 1 is 1.35 bits per heavy atom. The molecule has 0 aliphatic heterocycles. The monoisotopic (exact) mass is 273 g/mol. The number of hydrogen-bond acceptors (Lipinski definition) is 4. The van der Waals surface area contributed by atoms with Crippen LogP contribution in [0.1, 0.15) is 16.1 Å². The van der Waals surface area contributed by atoms with Crippen molar-refractivity contribution in [1.29, 1.82) is 0 Å². The Bertz CT molecular complexity index is 679. The zero-order valence-electron chi connectivity index (χ0n) is 11.0. The van der Waals surface area contributed by atoms with E-state index in [2.05, 4.69) is 10.3 Å². The zero-order valence-corrected chi connectivity index (χ0v) is 11.0. The minimum absolute atomic E-state index is 0.209. The van der Waals surface area contributed by atoms with Gasteiger partial charge in [0.1, 0.15) is 11.4 Å². The maximum Gasteiger partial charge on any atom is 0.268 e. The molecule has 2 aromatic rings. The molecular formula is C14H15N3O3. The Balaban J connectivity index is 2.11. The van der Waals surface area contributed by atoms with Crippen molar-refractivity contribution in [1.82, 2.24) is 10.3 Å². The highest BCUT2D eigenvalue weighted by Gasteiger charge is 2.08. The number of rotatable bonds is 4. The summed E-state index contributed by atoms with van der Waals surface area (Å²) in [7, 11) is 1.55. The summed E-state index contributed by atoms with van der Waals surface area (Å²) in [6.45, 7) is 0.254. The van der Waals surface area contributed by atoms with Crippen LogP contribution in [0.3, 0.4) is 0 Å². The fourth-order valence-corrected chi connectivity index (χ4v) is 1.79. The van der Waals surface area contributed by atoms with Crippen LogP contribution in [0.4, 0.5) is 5.69 Å². The van der Waals surface area contributed by atoms with Gasteiger partial charge in [-0.25, -0.2) is 0 Å². The number of ether oxygens (including phenoxy) is 1. The number of nitrogen functional groups attached to an aromatic ring is 1. The first-order valence-electron chi connectivity index (χ1n) is 6.00. The second kappa shape index (κ2) is 5.92. The molecule has 1 amide bonds. The zero-order chi connectivity index (χ0) is 14.5. The van der Waals surface area contributed by atoms with Crippen LogP contribution in [0.2, 0.25) is 0 Å². The van der Waals surface area contributed by atoms with Gasteiger partial charge < -0.3 is 20.8 Å². The SMILES string of the molecule is COc1ccc(N)cc1CNC(=O)c1cccc(=O)[nH]1. The van der Waals surface area contributed by atoms with Crippen molar-refractivity contribution in [2.75, 3.05) is 12.8 Å². The van der Waals surface area contributed by atoms with Crippen LogP contribution in [0.25, 0.3) is 0 Å². The van der Waals surface area contributed by atoms with E-state index in [1.807, 2.05) is 0 Å². The molecule has 104 valence electrons. The molecule has 0 saturated heterocycles. The van der Waals surface area contributed by atoms with E-state index in [4.69, 9.17) is 10.5 Å². The minimum atomic E-state index is -0.368. The van der Waals surface area contributed by atoms with Crippen molar-refractivity contribution in [3.05, 3.63) is 58.0 Å². The first-order chi connectivity index (χ1) is 9.60. The van der Waals surface area contributed by atoms with Crippen molar-refractivity contribution in [2.45, 2.75) is 6.54 Å². The number of hydrogen-bond donors (Lipinski definition) is 3. The predicted molar refractivity (Wildman–Crippen MR) is 75.6 cm³/mol. The van der Waals surface area contributed by atoms with Crippen molar-refractivity contribution < 1.29 is 9.53 Å². The van der Waals surface area contributed by atoms with E-state index in [0.29, 0.717) is 11.4 Å². The fraction of sp³-hybridized carbons (Fsp3) is 0.143. The maximum absolute atomic E-state index is 11.9. The second-order valence-electron chi connectivity index (χ2n) is 4.18. The molecule has 0 aliphatic carbocycles. The topological polar surface area (TPSA) is 97.2 Å². The van der Waals surface area contributed by atoms with E-state index >= 15 is 0 Å². The van der Waals surface area contributed by atoms with Crippen LogP contribution in [-0.2, 0) is 6.54 Å². The first-order valence-corrected chi connectivity index (χ1v) is 6.00. The Morgan fingerprint density at radius 2 is 2.15 bits per heavy atom. The Hall–Kier alpha value is -2.76. The number of benzene rings is 1. The molecule has 0 fully saturated rings. The molecule has 0 saturated carbocycles. The number of carbonyl (C=O) groups excluding carboxylic acids is 1. The molecule has 0 bridgehead atoms. The number of nitrogens with two attached hydrogens (primary N) is 1. The van der Waals surface area contributed by atoms with E-state index in [1.54, 1.807) is 25.3 Å². The number of anilines is 1. The first kappa shape index (κ1) is 13.7. The average molecular weight is 273 g/mol. The van der Waals surface area contributed by atoms with E-state index in [0.717, 1.165) is 5.56 Å². The lowest BCUT2D eigenvalue weighted by Crippen LogP contribution is -2.25. The van der Waals surface area contributed by atoms with Crippen LogP contribution in [0.15, 0.2) is 41.2 Å². The maximum atomic E-state index is 11.9. The Morgan fingerprint density at radius 3 is 2.85 bits per heavy atom. The normalized spacial score (nSPS) is 10.1. The highest BCUT2D eigenvalue weighted by atomic mass is 16.5. The molecule has 0 radical (unpaired) electrons. The number of methoxy groups -OCH3 is 1. The third kappa shape index (κ3) is 3.17. The van der Waals surface area contributed by atoms with Crippen LogP contribution in [0.5, 0.6) is 5.75 Å². The lowest BCUT2D eigenvalue weighted by atomic mass is 10.1. The number of aromatic amines is 1. The third-order valence-corrected chi connectivity index (χ3v) is 2.76. The quantitative estimate of drug-likeness (QED) is 0.721. The van der Waals surface area contributed by atoms with Crippen molar-refractivity contribution in [3.63, 3.8) is 0 Å². The fourth-order valence-electron chi connectivity index (χ4n) is 1.79. The molecule has 0 spiro atoms. The molecular weight excluding hydrogens is 258 g/mol. The summed E-state index contributed by atoms with van der Waals surface area (Å²) < 4.78 is 5.19. The lowest BCUT2D eigenvalue weighted by Gasteiger charge is -2.10. The number of amides is 1. The largest absolute Gasteiger partial charge is 0.496 e. The van der Waals surface area contributed by atoms with E-state index < -0.39 is 0 Å². The van der Waals surface area contributed by atoms with Gasteiger partial charge in [-0.2, -0.15) is 0 Å². The molecule has 6 nitrogen and oxygen atoms in total. The summed E-state index contributed by atoms with van der Waals surface area (Å²) in [5.74, 6) is 0.272. The number of aromatic nitrogens is 1. The lowest BCUT2D eigenvalue weighted by molar-refractivity contribution is 0.0945. The van der Waals surface area contributed by atoms with E-state index in [-0.39, 0.29) is 23.7 Å². The summed E-state index contributed by atoms with van der Waals surface area (Å²) in [6, 6.07) is 9.59. The molecule has 1 heterocycles. The van der Waals surface area contributed by atoms with Crippen molar-refractivity contribution >= 4 is 11.6 Å². The standard InChI is InChI=1S/C14H15N3O3/c1-20-12-6-5-10(15)7-9(12)8-16-14(19)11-3-2-4-13(18)17-11/h2-7H,8,15H2,1H3,(H,16,19)(H,17,18). The Labute approximate surface area is 115 Å². The van der Waals surface area contributed by atoms with Gasteiger partial charge in [-0.15, -0.1) is 0 Å². The second-order valence-corrected chi connectivity index (χ2v) is 4.18. The average Bonchev–Trinajstić information content (AvgIpc) is 2.45. The van der Waals surface area contributed by atoms with Gasteiger partial charge in [0.05, 0.1) is 7.11 Å². The summed E-state index contributed by atoms with van der Waals surface area (Å²) in [4.78, 5) is 25.5. The van der Waals surface area contributed by atoms with E-state index in [1.165, 1.54) is 18.2 Å². The van der Waals surface area contributed by atoms with Gasteiger partial charge >= 0.3 is 0 Å². The van der Waals surface area contributed by atoms with Crippen molar-refractivity contribution in [2.24, 2.45) is 0 Å². The summed E-state index contributed by atoms with van der Waals surface area (Å²) >= 11 is 0. The van der Waals surface area contributed by atoms with Crippen LogP contribution in [0, 0.1) is 0 Å². The number of pyridine rings is 1. The molecule has 0 unspecified atom stereocenters. The summed E-state index contributed by atoms with van der Waals surface area (Å²) in [5, 5.41) is 2.70. The molecule has 0 atom stereocenters. The molecule has 6 heteroatoms. The van der Waals surface area contributed by atoms with Gasteiger partial charge in [0.25, 0.3) is 5.91 Å². The van der Waals surface area contributed by atoms with Gasteiger partial charge in [0.2, 0.25) is 5.56 Å². The predicted octanol–water partition coefficient (Wildman–Crippen LogP) is 0.896. The number of carbonyl (C=O) groups is 1. The summed E-state index contributed by atoms with van der Waals surface area (Å²) in [5.41, 5.74) is 6.94. The van der Waals surface area contributed by atoms with E-state index in [9.17, 15) is 9.59 Å². The van der Waals surface area contributed by atoms with Gasteiger partial charge in [0.15, 0.2) is 0 Å². The van der Waals surface area contributed by atoms with Gasteiger partial charge in [0, 0.05) is 23.9 Å². The van der Waals surface area contributed by atoms with Gasteiger partial charge in [-0.3, -0.25) is 9.59 Å². The van der Waals surface area contributed by atoms with Crippen molar-refractivity contribution in [3.8, 4) is 5.75 Å². The molecule has 20 heavy (non-hydrogen) atoms. The van der Waals surface area contributed by atoms with Crippen LogP contribution in [-0.4, -0.2) is 18.0 Å². The van der Waals surface area contributed by atoms with Crippen LogP contribution < -0.4 is 21.3 Å². The molecule has 4 N–H and O–H groups in total. The minimum Gasteiger partial charge on any atom is -0.496 e. The number of H-pyrrole nitrogens is 1. The third-order valence-electron chi connectivity index (χ3n) is 2.76. The smallest absolute Gasteiger partial charge is 0.268 e. The van der Waals surface area contributed by atoms with Gasteiger partial charge in [-0.05, 0) is 24.3 Å². The highest BCUT2D eigenvalue weighted by Crippen LogP contribution is 2.20. The van der Waals surface area contributed by atoms with Crippen LogP contribution >= 0.6 is 0 Å².